The number of hydrogen-bond donors (Lipinski definition) is 2. The third-order valence-corrected chi connectivity index (χ3v) is 5.38. The maximum atomic E-state index is 4.74. The van der Waals surface area contributed by atoms with Gasteiger partial charge in [-0.3, -0.25) is 0 Å². The van der Waals surface area contributed by atoms with E-state index < -0.39 is 0 Å². The summed E-state index contributed by atoms with van der Waals surface area (Å²) in [5, 5.41) is 10.1. The molecule has 0 spiro atoms. The second kappa shape index (κ2) is 8.62. The summed E-state index contributed by atoms with van der Waals surface area (Å²) in [6, 6.07) is 4.29. The van der Waals surface area contributed by atoms with E-state index in [0.717, 1.165) is 32.0 Å². The lowest BCUT2D eigenvalue weighted by atomic mass is 9.93. The van der Waals surface area contributed by atoms with Crippen molar-refractivity contribution in [3.63, 3.8) is 0 Å². The molecule has 4 nitrogen and oxygen atoms in total. The lowest BCUT2D eigenvalue weighted by Crippen LogP contribution is -2.38. The van der Waals surface area contributed by atoms with Crippen molar-refractivity contribution in [3.05, 3.63) is 38.0 Å². The average Bonchev–Trinajstić information content (AvgIpc) is 3.13. The van der Waals surface area contributed by atoms with Gasteiger partial charge in [-0.15, -0.1) is 22.7 Å². The van der Waals surface area contributed by atoms with E-state index in [-0.39, 0.29) is 5.41 Å². The molecule has 132 valence electrons. The Balaban J connectivity index is 1.85. The number of hydrogen-bond acceptors (Lipinski definition) is 4. The molecule has 0 unspecified atom stereocenters. The zero-order valence-electron chi connectivity index (χ0n) is 15.3. The van der Waals surface area contributed by atoms with Gasteiger partial charge in [0.15, 0.2) is 5.96 Å². The van der Waals surface area contributed by atoms with Crippen molar-refractivity contribution >= 4 is 28.6 Å². The maximum absolute atomic E-state index is 4.74. The highest BCUT2D eigenvalue weighted by Gasteiger charge is 2.17. The van der Waals surface area contributed by atoms with E-state index in [0.29, 0.717) is 0 Å². The normalized spacial score (nSPS) is 12.5. The first-order chi connectivity index (χ1) is 11.4. The second-order valence-electron chi connectivity index (χ2n) is 6.76. The highest BCUT2D eigenvalue weighted by Crippen LogP contribution is 2.23. The minimum absolute atomic E-state index is 0.122. The minimum Gasteiger partial charge on any atom is -0.357 e. The van der Waals surface area contributed by atoms with Crippen LogP contribution in [0.1, 0.15) is 48.2 Å². The zero-order valence-corrected chi connectivity index (χ0v) is 16.9. The molecule has 2 aromatic heterocycles. The SMILES string of the molecule is CCNC(=NCc1ccc(C)s1)NCCc1nc(C(C)(C)C)cs1. The van der Waals surface area contributed by atoms with Gasteiger partial charge in [0.2, 0.25) is 0 Å². The molecule has 0 atom stereocenters. The van der Waals surface area contributed by atoms with E-state index in [1.807, 2.05) is 0 Å². The third-order valence-electron chi connectivity index (χ3n) is 3.48. The van der Waals surface area contributed by atoms with E-state index in [4.69, 9.17) is 4.98 Å². The Hall–Kier alpha value is -1.40. The van der Waals surface area contributed by atoms with Gasteiger partial charge in [-0.2, -0.15) is 0 Å². The third kappa shape index (κ3) is 5.91. The summed E-state index contributed by atoms with van der Waals surface area (Å²) >= 11 is 3.55. The number of thiophene rings is 1. The van der Waals surface area contributed by atoms with Crippen LogP contribution in [0.3, 0.4) is 0 Å². The topological polar surface area (TPSA) is 49.3 Å². The van der Waals surface area contributed by atoms with Crippen molar-refractivity contribution in [1.82, 2.24) is 15.6 Å². The monoisotopic (exact) mass is 364 g/mol. The highest BCUT2D eigenvalue weighted by atomic mass is 32.1. The Labute approximate surface area is 153 Å². The lowest BCUT2D eigenvalue weighted by molar-refractivity contribution is 0.570. The minimum atomic E-state index is 0.122. The van der Waals surface area contributed by atoms with Crippen molar-refractivity contribution in [1.29, 1.82) is 0 Å². The van der Waals surface area contributed by atoms with Gasteiger partial charge in [0.25, 0.3) is 0 Å². The predicted molar refractivity (Wildman–Crippen MR) is 106 cm³/mol. The molecule has 0 amide bonds. The fourth-order valence-corrected chi connectivity index (χ4v) is 3.97. The summed E-state index contributed by atoms with van der Waals surface area (Å²) in [4.78, 5) is 12.0. The van der Waals surface area contributed by atoms with Crippen LogP contribution in [0.15, 0.2) is 22.5 Å². The number of rotatable bonds is 6. The van der Waals surface area contributed by atoms with E-state index in [1.54, 1.807) is 22.7 Å². The summed E-state index contributed by atoms with van der Waals surface area (Å²) in [5.41, 5.74) is 1.30. The lowest BCUT2D eigenvalue weighted by Gasteiger charge is -2.14. The largest absolute Gasteiger partial charge is 0.357 e. The van der Waals surface area contributed by atoms with Gasteiger partial charge in [0.1, 0.15) is 0 Å². The van der Waals surface area contributed by atoms with Crippen LogP contribution in [-0.4, -0.2) is 24.0 Å². The van der Waals surface area contributed by atoms with Crippen LogP contribution in [0.2, 0.25) is 0 Å². The first-order valence-corrected chi connectivity index (χ1v) is 10.1. The van der Waals surface area contributed by atoms with Crippen molar-refractivity contribution in [3.8, 4) is 0 Å². The van der Waals surface area contributed by atoms with Gasteiger partial charge in [-0.1, -0.05) is 20.8 Å². The Morgan fingerprint density at radius 3 is 2.62 bits per heavy atom. The van der Waals surface area contributed by atoms with Gasteiger partial charge >= 0.3 is 0 Å². The summed E-state index contributed by atoms with van der Waals surface area (Å²) < 4.78 is 0. The zero-order chi connectivity index (χ0) is 17.6. The molecule has 0 saturated carbocycles. The number of nitrogens with zero attached hydrogens (tertiary/aromatic N) is 2. The van der Waals surface area contributed by atoms with Crippen molar-refractivity contribution in [2.75, 3.05) is 13.1 Å². The van der Waals surface area contributed by atoms with Crippen LogP contribution >= 0.6 is 22.7 Å². The molecule has 0 saturated heterocycles. The molecule has 0 fully saturated rings. The van der Waals surface area contributed by atoms with Gasteiger partial charge in [-0.05, 0) is 26.0 Å². The van der Waals surface area contributed by atoms with Crippen molar-refractivity contribution in [2.45, 2.75) is 53.0 Å². The maximum Gasteiger partial charge on any atom is 0.191 e. The molecule has 0 aliphatic rings. The number of thiazole rings is 1. The molecule has 0 aliphatic heterocycles. The molecule has 0 aromatic carbocycles. The van der Waals surface area contributed by atoms with Crippen molar-refractivity contribution in [2.24, 2.45) is 4.99 Å². The van der Waals surface area contributed by atoms with E-state index in [1.165, 1.54) is 20.5 Å². The Morgan fingerprint density at radius 1 is 1.25 bits per heavy atom. The number of guanidine groups is 1. The van der Waals surface area contributed by atoms with Gasteiger partial charge in [0.05, 0.1) is 17.2 Å². The molecule has 2 aromatic rings. The second-order valence-corrected chi connectivity index (χ2v) is 9.08. The molecule has 0 bridgehead atoms. The molecule has 0 aliphatic carbocycles. The quantitative estimate of drug-likeness (QED) is 0.599. The van der Waals surface area contributed by atoms with Crippen molar-refractivity contribution < 1.29 is 0 Å². The standard InChI is InChI=1S/C18H28N4S2/c1-6-19-17(21-11-14-8-7-13(2)24-14)20-10-9-16-22-15(12-23-16)18(3,4)5/h7-8,12H,6,9-11H2,1-5H3,(H2,19,20,21). The van der Waals surface area contributed by atoms with Gasteiger partial charge < -0.3 is 10.6 Å². The molecular formula is C18H28N4S2. The number of aryl methyl sites for hydroxylation is 1. The summed E-state index contributed by atoms with van der Waals surface area (Å²) in [5.74, 6) is 0.871. The molecule has 0 radical (unpaired) electrons. The predicted octanol–water partition coefficient (Wildman–Crippen LogP) is 4.11. The smallest absolute Gasteiger partial charge is 0.191 e. The fourth-order valence-electron chi connectivity index (χ4n) is 2.13. The first-order valence-electron chi connectivity index (χ1n) is 8.41. The highest BCUT2D eigenvalue weighted by molar-refractivity contribution is 7.11. The van der Waals surface area contributed by atoms with Crippen LogP contribution in [0.25, 0.3) is 0 Å². The molecule has 2 heterocycles. The van der Waals surface area contributed by atoms with E-state index in [9.17, 15) is 0 Å². The van der Waals surface area contributed by atoms with Crippen LogP contribution in [-0.2, 0) is 18.4 Å². The molecular weight excluding hydrogens is 336 g/mol. The van der Waals surface area contributed by atoms with Crippen LogP contribution in [0.5, 0.6) is 0 Å². The summed E-state index contributed by atoms with van der Waals surface area (Å²) in [7, 11) is 0. The van der Waals surface area contributed by atoms with Gasteiger partial charge in [0, 0.05) is 40.1 Å². The van der Waals surface area contributed by atoms with Crippen LogP contribution in [0.4, 0.5) is 0 Å². The molecule has 6 heteroatoms. The molecule has 24 heavy (non-hydrogen) atoms. The summed E-state index contributed by atoms with van der Waals surface area (Å²) in [6.45, 7) is 13.2. The number of aromatic nitrogens is 1. The van der Waals surface area contributed by atoms with Crippen LogP contribution in [0, 0.1) is 6.92 Å². The number of nitrogens with one attached hydrogen (secondary N) is 2. The first kappa shape index (κ1) is 18.9. The summed E-state index contributed by atoms with van der Waals surface area (Å²) in [6.07, 6.45) is 0.920. The fraction of sp³-hybridized carbons (Fsp3) is 0.556. The van der Waals surface area contributed by atoms with Gasteiger partial charge in [-0.25, -0.2) is 9.98 Å². The van der Waals surface area contributed by atoms with E-state index >= 15 is 0 Å². The van der Waals surface area contributed by atoms with Crippen LogP contribution < -0.4 is 10.6 Å². The Morgan fingerprint density at radius 2 is 2.04 bits per heavy atom. The average molecular weight is 365 g/mol. The van der Waals surface area contributed by atoms with E-state index in [2.05, 4.69) is 67.8 Å². The molecule has 2 N–H and O–H groups in total. The molecule has 2 rings (SSSR count). The Kier molecular flexibility index (Phi) is 6.80. The number of aliphatic imine (C=N–C) groups is 1. The Bertz CT molecular complexity index is 665.